The van der Waals surface area contributed by atoms with Crippen LogP contribution < -0.4 is 16.0 Å². The van der Waals surface area contributed by atoms with Crippen molar-refractivity contribution in [3.63, 3.8) is 0 Å². The van der Waals surface area contributed by atoms with Gasteiger partial charge in [-0.2, -0.15) is 0 Å². The molecule has 2 atom stereocenters. The molecule has 1 fully saturated rings. The zero-order valence-corrected chi connectivity index (χ0v) is 23.2. The lowest BCUT2D eigenvalue weighted by atomic mass is 9.99. The molecule has 1 heterocycles. The minimum absolute atomic E-state index is 0.0609. The average molecular weight is 538 g/mol. The molecule has 0 aliphatic carbocycles. The third-order valence-corrected chi connectivity index (χ3v) is 6.70. The largest absolute Gasteiger partial charge is 0.396 e. The fraction of sp³-hybridized carbons (Fsp3) is 0.448. The predicted octanol–water partition coefficient (Wildman–Crippen LogP) is 4.18. The van der Waals surface area contributed by atoms with Crippen molar-refractivity contribution >= 4 is 35.3 Å². The number of benzene rings is 2. The maximum absolute atomic E-state index is 13.6. The molecule has 0 aromatic heterocycles. The summed E-state index contributed by atoms with van der Waals surface area (Å²) >= 11 is 0. The molecule has 0 bridgehead atoms. The number of para-hydroxylation sites is 1. The molecule has 10 heteroatoms. The second-order valence-electron chi connectivity index (χ2n) is 10.8. The van der Waals surface area contributed by atoms with Crippen LogP contribution in [0, 0.1) is 5.92 Å². The number of aliphatic hydroxyl groups excluding tert-OH is 1. The summed E-state index contributed by atoms with van der Waals surface area (Å²) in [4.78, 5) is 55.1. The molecule has 10 nitrogen and oxygen atoms in total. The number of hydrogen-bond donors (Lipinski definition) is 4. The van der Waals surface area contributed by atoms with E-state index in [2.05, 4.69) is 16.0 Å². The first-order chi connectivity index (χ1) is 18.4. The Morgan fingerprint density at radius 2 is 1.51 bits per heavy atom. The van der Waals surface area contributed by atoms with Crippen LogP contribution in [0.1, 0.15) is 53.0 Å². The van der Waals surface area contributed by atoms with Gasteiger partial charge in [0.15, 0.2) is 0 Å². The highest BCUT2D eigenvalue weighted by molar-refractivity contribution is 6.09. The van der Waals surface area contributed by atoms with E-state index in [-0.39, 0.29) is 31.1 Å². The normalized spacial score (nSPS) is 16.3. The molecule has 2 aromatic carbocycles. The molecule has 2 unspecified atom stereocenters. The first-order valence-corrected chi connectivity index (χ1v) is 13.2. The summed E-state index contributed by atoms with van der Waals surface area (Å²) in [6.45, 7) is 9.06. The van der Waals surface area contributed by atoms with Crippen molar-refractivity contribution in [2.45, 2.75) is 71.6 Å². The molecule has 0 saturated carbocycles. The number of imide groups is 1. The van der Waals surface area contributed by atoms with Crippen LogP contribution >= 0.6 is 0 Å². The summed E-state index contributed by atoms with van der Waals surface area (Å²) in [6, 6.07) is 13.9. The summed E-state index contributed by atoms with van der Waals surface area (Å²) in [5.74, 6) is -0.780. The Bertz CT molecular complexity index is 1170. The Labute approximate surface area is 229 Å². The van der Waals surface area contributed by atoms with Crippen LogP contribution in [-0.2, 0) is 16.1 Å². The van der Waals surface area contributed by atoms with E-state index in [1.165, 1.54) is 4.90 Å². The number of urea groups is 2. The SMILES string of the molecule is CC(C)CC(C(=O)NC(C)CCO)N1C(=O)N(Cc2ccc(NC(=O)Nc3ccccc3)cc2)C(C)(C)C1=O. The van der Waals surface area contributed by atoms with Crippen LogP contribution in [-0.4, -0.2) is 63.0 Å². The van der Waals surface area contributed by atoms with Gasteiger partial charge in [0.1, 0.15) is 11.6 Å². The number of hydrogen-bond acceptors (Lipinski definition) is 5. The molecule has 0 radical (unpaired) electrons. The number of anilines is 2. The summed E-state index contributed by atoms with van der Waals surface area (Å²) in [7, 11) is 0. The molecular formula is C29H39N5O5. The molecule has 0 spiro atoms. The van der Waals surface area contributed by atoms with Crippen molar-refractivity contribution in [2.24, 2.45) is 5.92 Å². The zero-order chi connectivity index (χ0) is 28.7. The van der Waals surface area contributed by atoms with Crippen molar-refractivity contribution < 1.29 is 24.3 Å². The van der Waals surface area contributed by atoms with E-state index in [1.807, 2.05) is 32.0 Å². The van der Waals surface area contributed by atoms with Gasteiger partial charge in [-0.3, -0.25) is 9.59 Å². The highest BCUT2D eigenvalue weighted by Gasteiger charge is 2.54. The van der Waals surface area contributed by atoms with Crippen LogP contribution in [0.4, 0.5) is 21.0 Å². The molecule has 39 heavy (non-hydrogen) atoms. The standard InChI is InChI=1S/C29H39N5O5/c1-19(2)17-24(25(36)30-20(3)15-16-35)34-26(37)29(4,5)33(28(34)39)18-21-11-13-23(14-12-21)32-27(38)31-22-9-7-6-8-10-22/h6-14,19-20,24,35H,15-18H2,1-5H3,(H,30,36)(H2,31,32,38). The maximum Gasteiger partial charge on any atom is 0.328 e. The van der Waals surface area contributed by atoms with Crippen molar-refractivity contribution in [3.8, 4) is 0 Å². The second kappa shape index (κ2) is 12.8. The number of nitrogens with one attached hydrogen (secondary N) is 3. The van der Waals surface area contributed by atoms with Gasteiger partial charge in [0.25, 0.3) is 5.91 Å². The van der Waals surface area contributed by atoms with E-state index < -0.39 is 29.4 Å². The Morgan fingerprint density at radius 1 is 0.923 bits per heavy atom. The zero-order valence-electron chi connectivity index (χ0n) is 23.2. The van der Waals surface area contributed by atoms with Crippen molar-refractivity contribution in [2.75, 3.05) is 17.2 Å². The molecule has 1 aliphatic rings. The molecule has 4 N–H and O–H groups in total. The van der Waals surface area contributed by atoms with E-state index in [4.69, 9.17) is 0 Å². The maximum atomic E-state index is 13.6. The summed E-state index contributed by atoms with van der Waals surface area (Å²) in [5.41, 5.74) is 0.850. The van der Waals surface area contributed by atoms with Gasteiger partial charge in [-0.15, -0.1) is 0 Å². The predicted molar refractivity (Wildman–Crippen MR) is 150 cm³/mol. The Hall–Kier alpha value is -3.92. The number of carbonyl (C=O) groups excluding carboxylic acids is 4. The van der Waals surface area contributed by atoms with Gasteiger partial charge in [-0.05, 0) is 69.4 Å². The van der Waals surface area contributed by atoms with E-state index in [0.717, 1.165) is 10.5 Å². The van der Waals surface area contributed by atoms with E-state index in [0.29, 0.717) is 24.2 Å². The van der Waals surface area contributed by atoms with Gasteiger partial charge in [0.05, 0.1) is 0 Å². The average Bonchev–Trinajstić information content (AvgIpc) is 3.03. The smallest absolute Gasteiger partial charge is 0.328 e. The van der Waals surface area contributed by atoms with E-state index >= 15 is 0 Å². The summed E-state index contributed by atoms with van der Waals surface area (Å²) in [5, 5.41) is 17.5. The summed E-state index contributed by atoms with van der Waals surface area (Å²) in [6.07, 6.45) is 0.697. The number of carbonyl (C=O) groups is 4. The number of nitrogens with zero attached hydrogens (tertiary/aromatic N) is 2. The number of amides is 6. The monoisotopic (exact) mass is 537 g/mol. The molecule has 2 aromatic rings. The molecule has 1 aliphatic heterocycles. The molecular weight excluding hydrogens is 498 g/mol. The minimum Gasteiger partial charge on any atom is -0.396 e. The van der Waals surface area contributed by atoms with Crippen LogP contribution in [0.5, 0.6) is 0 Å². The molecule has 210 valence electrons. The third kappa shape index (κ3) is 7.35. The third-order valence-electron chi connectivity index (χ3n) is 6.70. The molecule has 6 amide bonds. The lowest BCUT2D eigenvalue weighted by molar-refractivity contribution is -0.139. The van der Waals surface area contributed by atoms with Gasteiger partial charge >= 0.3 is 12.1 Å². The number of rotatable bonds is 11. The van der Waals surface area contributed by atoms with Gasteiger partial charge in [-0.1, -0.05) is 44.2 Å². The first-order valence-electron chi connectivity index (χ1n) is 13.2. The topological polar surface area (TPSA) is 131 Å². The fourth-order valence-corrected chi connectivity index (χ4v) is 4.48. The Morgan fingerprint density at radius 3 is 2.08 bits per heavy atom. The van der Waals surface area contributed by atoms with Crippen LogP contribution in [0.2, 0.25) is 0 Å². The highest BCUT2D eigenvalue weighted by atomic mass is 16.3. The molecule has 3 rings (SSSR count). The van der Waals surface area contributed by atoms with E-state index in [9.17, 15) is 24.3 Å². The highest BCUT2D eigenvalue weighted by Crippen LogP contribution is 2.32. The Balaban J connectivity index is 1.73. The summed E-state index contributed by atoms with van der Waals surface area (Å²) < 4.78 is 0. The second-order valence-corrected chi connectivity index (χ2v) is 10.8. The van der Waals surface area contributed by atoms with Gasteiger partial charge in [0, 0.05) is 30.6 Å². The van der Waals surface area contributed by atoms with Crippen LogP contribution in [0.3, 0.4) is 0 Å². The van der Waals surface area contributed by atoms with Crippen LogP contribution in [0.15, 0.2) is 54.6 Å². The minimum atomic E-state index is -1.16. The van der Waals surface area contributed by atoms with Crippen molar-refractivity contribution in [3.05, 3.63) is 60.2 Å². The Kier molecular flexibility index (Phi) is 9.69. The fourth-order valence-electron chi connectivity index (χ4n) is 4.48. The van der Waals surface area contributed by atoms with Crippen molar-refractivity contribution in [1.82, 2.24) is 15.1 Å². The lowest BCUT2D eigenvalue weighted by Crippen LogP contribution is -2.53. The van der Waals surface area contributed by atoms with Crippen LogP contribution in [0.25, 0.3) is 0 Å². The van der Waals surface area contributed by atoms with Crippen molar-refractivity contribution in [1.29, 1.82) is 0 Å². The quantitative estimate of drug-likeness (QED) is 0.320. The van der Waals surface area contributed by atoms with Gasteiger partial charge < -0.3 is 26.0 Å². The molecule has 1 saturated heterocycles. The number of aliphatic hydroxyl groups is 1. The van der Waals surface area contributed by atoms with E-state index in [1.54, 1.807) is 57.2 Å². The van der Waals surface area contributed by atoms with Gasteiger partial charge in [-0.25, -0.2) is 14.5 Å². The van der Waals surface area contributed by atoms with Gasteiger partial charge in [0.2, 0.25) is 5.91 Å². The lowest BCUT2D eigenvalue weighted by Gasteiger charge is -2.28. The first kappa shape index (κ1) is 29.6.